The Morgan fingerprint density at radius 3 is 1.84 bits per heavy atom. The molecule has 2 fully saturated rings. The lowest BCUT2D eigenvalue weighted by atomic mass is 9.92. The minimum absolute atomic E-state index is 0.00571. The fraction of sp³-hybridized carbons (Fsp3) is 0.514. The maximum absolute atomic E-state index is 13.8. The molecule has 0 saturated heterocycles. The summed E-state index contributed by atoms with van der Waals surface area (Å²) < 4.78 is 24.2. The van der Waals surface area contributed by atoms with Crippen molar-refractivity contribution < 1.29 is 33.3 Å². The SMILES string of the molecule is COC(CNC(=O)c1cc(C(=O)N[C@H]2CCCC[C@@H]2OCc2ccccc2)n(CC(=O)N[C@H]2CCCC[C@@H]2OCc2ccccc2)n1)OC. The van der Waals surface area contributed by atoms with Gasteiger partial charge in [0.05, 0.1) is 44.1 Å². The summed E-state index contributed by atoms with van der Waals surface area (Å²) in [4.78, 5) is 40.4. The molecule has 1 heterocycles. The molecule has 4 atom stereocenters. The van der Waals surface area contributed by atoms with Gasteiger partial charge in [-0.1, -0.05) is 86.3 Å². The molecule has 0 aliphatic heterocycles. The largest absolute Gasteiger partial charge is 0.371 e. The lowest BCUT2D eigenvalue weighted by Crippen LogP contribution is -2.48. The van der Waals surface area contributed by atoms with Crippen LogP contribution in [0.2, 0.25) is 0 Å². The number of benzene rings is 2. The molecule has 0 spiro atoms. The van der Waals surface area contributed by atoms with Crippen LogP contribution in [0, 0.1) is 0 Å². The van der Waals surface area contributed by atoms with E-state index in [2.05, 4.69) is 21.0 Å². The maximum atomic E-state index is 13.8. The van der Waals surface area contributed by atoms with Crippen molar-refractivity contribution in [1.82, 2.24) is 25.7 Å². The van der Waals surface area contributed by atoms with Crippen LogP contribution in [0.25, 0.3) is 0 Å². The Balaban J connectivity index is 1.27. The number of hydrogen-bond acceptors (Lipinski definition) is 8. The first-order chi connectivity index (χ1) is 23.9. The van der Waals surface area contributed by atoms with Crippen LogP contribution >= 0.6 is 0 Å². The van der Waals surface area contributed by atoms with Crippen LogP contribution in [0.15, 0.2) is 66.7 Å². The number of carbonyl (C=O) groups is 3. The predicted molar refractivity (Wildman–Crippen MR) is 183 cm³/mol. The highest BCUT2D eigenvalue weighted by atomic mass is 16.7. The molecule has 5 rings (SSSR count). The monoisotopic (exact) mass is 675 g/mol. The third-order valence-corrected chi connectivity index (χ3v) is 9.18. The van der Waals surface area contributed by atoms with Crippen molar-refractivity contribution in [3.8, 4) is 0 Å². The summed E-state index contributed by atoms with van der Waals surface area (Å²) >= 11 is 0. The number of amides is 3. The van der Waals surface area contributed by atoms with Crippen LogP contribution in [-0.4, -0.2) is 78.8 Å². The summed E-state index contributed by atoms with van der Waals surface area (Å²) in [6.07, 6.45) is 6.24. The molecule has 49 heavy (non-hydrogen) atoms. The molecule has 2 aromatic carbocycles. The molecular weight excluding hydrogens is 626 g/mol. The summed E-state index contributed by atoms with van der Waals surface area (Å²) in [6.45, 7) is 0.746. The molecule has 0 unspecified atom stereocenters. The van der Waals surface area contributed by atoms with Gasteiger partial charge in [0.1, 0.15) is 12.2 Å². The highest BCUT2D eigenvalue weighted by Gasteiger charge is 2.31. The van der Waals surface area contributed by atoms with E-state index in [1.54, 1.807) is 0 Å². The van der Waals surface area contributed by atoms with E-state index in [9.17, 15) is 14.4 Å². The Labute approximate surface area is 288 Å². The van der Waals surface area contributed by atoms with Crippen molar-refractivity contribution in [3.05, 3.63) is 89.2 Å². The van der Waals surface area contributed by atoms with Crippen molar-refractivity contribution >= 4 is 17.7 Å². The van der Waals surface area contributed by atoms with Crippen LogP contribution in [-0.2, 0) is 43.5 Å². The number of rotatable bonds is 16. The van der Waals surface area contributed by atoms with E-state index < -0.39 is 18.1 Å². The van der Waals surface area contributed by atoms with Crippen molar-refractivity contribution in [2.45, 2.75) is 102 Å². The lowest BCUT2D eigenvalue weighted by molar-refractivity contribution is -0.124. The van der Waals surface area contributed by atoms with Crippen molar-refractivity contribution in [2.24, 2.45) is 0 Å². The summed E-state index contributed by atoms with van der Waals surface area (Å²) in [5.74, 6) is -1.26. The molecule has 1 aromatic heterocycles. The number of methoxy groups -OCH3 is 2. The van der Waals surface area contributed by atoms with Gasteiger partial charge in [0, 0.05) is 20.3 Å². The summed E-state index contributed by atoms with van der Waals surface area (Å²) in [5, 5.41) is 13.4. The van der Waals surface area contributed by atoms with Gasteiger partial charge < -0.3 is 34.9 Å². The zero-order valence-electron chi connectivity index (χ0n) is 28.5. The zero-order chi connectivity index (χ0) is 34.4. The smallest absolute Gasteiger partial charge is 0.271 e. The van der Waals surface area contributed by atoms with Gasteiger partial charge in [-0.3, -0.25) is 14.4 Å². The molecule has 264 valence electrons. The van der Waals surface area contributed by atoms with E-state index in [4.69, 9.17) is 18.9 Å². The van der Waals surface area contributed by atoms with E-state index >= 15 is 0 Å². The minimum Gasteiger partial charge on any atom is -0.371 e. The van der Waals surface area contributed by atoms with E-state index in [0.717, 1.165) is 62.5 Å². The summed E-state index contributed by atoms with van der Waals surface area (Å²) in [6, 6.07) is 20.9. The quantitative estimate of drug-likeness (QED) is 0.193. The fourth-order valence-corrected chi connectivity index (χ4v) is 6.47. The van der Waals surface area contributed by atoms with Crippen LogP contribution < -0.4 is 16.0 Å². The van der Waals surface area contributed by atoms with E-state index in [-0.39, 0.29) is 54.7 Å². The highest BCUT2D eigenvalue weighted by Crippen LogP contribution is 2.24. The molecule has 0 radical (unpaired) electrons. The van der Waals surface area contributed by atoms with Crippen LogP contribution in [0.4, 0.5) is 0 Å². The molecule has 3 aromatic rings. The third kappa shape index (κ3) is 10.7. The van der Waals surface area contributed by atoms with E-state index in [0.29, 0.717) is 13.2 Å². The number of carbonyl (C=O) groups excluding carboxylic acids is 3. The maximum Gasteiger partial charge on any atom is 0.271 e. The van der Waals surface area contributed by atoms with Gasteiger partial charge in [0.25, 0.3) is 11.8 Å². The summed E-state index contributed by atoms with van der Waals surface area (Å²) in [5.41, 5.74) is 2.26. The molecule has 3 amide bonds. The molecule has 2 aliphatic rings. The minimum atomic E-state index is -0.647. The highest BCUT2D eigenvalue weighted by molar-refractivity contribution is 5.98. The normalized spacial score (nSPS) is 20.9. The number of ether oxygens (including phenoxy) is 4. The molecule has 2 saturated carbocycles. The van der Waals surface area contributed by atoms with Gasteiger partial charge in [0.15, 0.2) is 12.0 Å². The molecule has 0 bridgehead atoms. The van der Waals surface area contributed by atoms with Crippen LogP contribution in [0.1, 0.15) is 83.5 Å². The van der Waals surface area contributed by atoms with Crippen LogP contribution in [0.5, 0.6) is 0 Å². The first-order valence-corrected chi connectivity index (χ1v) is 17.3. The Morgan fingerprint density at radius 1 is 0.755 bits per heavy atom. The summed E-state index contributed by atoms with van der Waals surface area (Å²) in [7, 11) is 2.95. The standard InChI is InChI=1S/C37H49N5O7/c1-46-35(47-2)22-38-36(44)30-21-31(37(45)40-29-18-10-12-20-33(29)49-25-27-15-7-4-8-16-27)42(41-30)23-34(43)39-28-17-9-11-19-32(28)48-24-26-13-5-3-6-14-26/h3-8,13-16,21,28-29,32-33,35H,9-12,17-20,22-25H2,1-2H3,(H,38,44)(H,39,43)(H,40,45)/t28-,29-,32-,33-/m0/s1. The number of nitrogens with zero attached hydrogens (tertiary/aromatic N) is 2. The average molecular weight is 676 g/mol. The first kappa shape index (κ1) is 36.2. The van der Waals surface area contributed by atoms with Crippen molar-refractivity contribution in [2.75, 3.05) is 20.8 Å². The van der Waals surface area contributed by atoms with Gasteiger partial charge in [-0.2, -0.15) is 5.10 Å². The topological polar surface area (TPSA) is 142 Å². The van der Waals surface area contributed by atoms with Crippen LogP contribution in [0.3, 0.4) is 0 Å². The Bertz CT molecular complexity index is 1480. The Hall–Kier alpha value is -4.10. The van der Waals surface area contributed by atoms with Gasteiger partial charge in [0.2, 0.25) is 5.91 Å². The number of aromatic nitrogens is 2. The van der Waals surface area contributed by atoms with E-state index in [1.807, 2.05) is 60.7 Å². The van der Waals surface area contributed by atoms with Gasteiger partial charge in [-0.25, -0.2) is 4.68 Å². The number of nitrogens with one attached hydrogen (secondary N) is 3. The second-order valence-corrected chi connectivity index (χ2v) is 12.7. The second kappa shape index (κ2) is 18.6. The second-order valence-electron chi connectivity index (χ2n) is 12.7. The number of hydrogen-bond donors (Lipinski definition) is 3. The van der Waals surface area contributed by atoms with Crippen molar-refractivity contribution in [3.63, 3.8) is 0 Å². The molecule has 2 aliphatic carbocycles. The lowest BCUT2D eigenvalue weighted by Gasteiger charge is -2.32. The van der Waals surface area contributed by atoms with E-state index in [1.165, 1.54) is 25.0 Å². The first-order valence-electron chi connectivity index (χ1n) is 17.3. The predicted octanol–water partition coefficient (Wildman–Crippen LogP) is 4.13. The molecule has 12 nitrogen and oxygen atoms in total. The third-order valence-electron chi connectivity index (χ3n) is 9.18. The van der Waals surface area contributed by atoms with Gasteiger partial charge in [-0.05, 0) is 36.8 Å². The van der Waals surface area contributed by atoms with Gasteiger partial charge >= 0.3 is 0 Å². The molecular formula is C37H49N5O7. The van der Waals surface area contributed by atoms with Crippen molar-refractivity contribution in [1.29, 1.82) is 0 Å². The Kier molecular flexibility index (Phi) is 13.7. The average Bonchev–Trinajstić information content (AvgIpc) is 3.56. The molecule has 3 N–H and O–H groups in total. The zero-order valence-corrected chi connectivity index (χ0v) is 28.5. The fourth-order valence-electron chi connectivity index (χ4n) is 6.47. The van der Waals surface area contributed by atoms with Gasteiger partial charge in [-0.15, -0.1) is 0 Å². The Morgan fingerprint density at radius 2 is 1.29 bits per heavy atom. The molecule has 12 heteroatoms.